The van der Waals surface area contributed by atoms with Gasteiger partial charge in [-0.25, -0.2) is 0 Å². The molecular formula is C27H28ClN3O2. The van der Waals surface area contributed by atoms with Gasteiger partial charge in [0.25, 0.3) is 0 Å². The van der Waals surface area contributed by atoms with Gasteiger partial charge in [-0.15, -0.1) is 0 Å². The molecule has 6 heteroatoms. The number of Topliss-reactive ketones (excluding diaryl/α,β-unsaturated/α-hetero) is 1. The quantitative estimate of drug-likeness (QED) is 0.387. The molecule has 2 unspecified atom stereocenters. The summed E-state index contributed by atoms with van der Waals surface area (Å²) in [7, 11) is 0. The summed E-state index contributed by atoms with van der Waals surface area (Å²) < 4.78 is 2.14. The van der Waals surface area contributed by atoms with E-state index in [2.05, 4.69) is 33.7 Å². The third-order valence-corrected chi connectivity index (χ3v) is 7.61. The van der Waals surface area contributed by atoms with Crippen molar-refractivity contribution in [1.82, 2.24) is 9.47 Å². The summed E-state index contributed by atoms with van der Waals surface area (Å²) in [4.78, 5) is 15.9. The Morgan fingerprint density at radius 2 is 2.00 bits per heavy atom. The average molecular weight is 462 g/mol. The number of carbonyl (C=O) groups excluding carboxylic acids is 1. The molecule has 2 aromatic carbocycles. The van der Waals surface area contributed by atoms with E-state index in [1.807, 2.05) is 31.2 Å². The largest absolute Gasteiger partial charge is 0.391 e. The highest BCUT2D eigenvalue weighted by Crippen LogP contribution is 2.38. The second-order valence-electron chi connectivity index (χ2n) is 9.33. The first kappa shape index (κ1) is 22.2. The Balaban J connectivity index is 1.56. The Labute approximate surface area is 199 Å². The van der Waals surface area contributed by atoms with Crippen LogP contribution in [0.1, 0.15) is 53.7 Å². The van der Waals surface area contributed by atoms with Gasteiger partial charge < -0.3 is 9.67 Å². The molecule has 2 saturated heterocycles. The molecule has 0 spiro atoms. The third-order valence-electron chi connectivity index (χ3n) is 7.36. The van der Waals surface area contributed by atoms with Gasteiger partial charge in [-0.3, -0.25) is 9.69 Å². The number of unbranched alkanes of at least 4 members (excludes halogenated alkanes) is 1. The van der Waals surface area contributed by atoms with Crippen molar-refractivity contribution in [1.29, 1.82) is 5.26 Å². The van der Waals surface area contributed by atoms with Gasteiger partial charge >= 0.3 is 0 Å². The summed E-state index contributed by atoms with van der Waals surface area (Å²) in [6.45, 7) is 2.35. The van der Waals surface area contributed by atoms with Crippen LogP contribution in [0.4, 0.5) is 0 Å². The number of rotatable bonds is 7. The van der Waals surface area contributed by atoms with Crippen LogP contribution >= 0.6 is 11.6 Å². The molecule has 0 saturated carbocycles. The van der Waals surface area contributed by atoms with Crippen LogP contribution in [0, 0.1) is 18.3 Å². The number of halogens is 1. The summed E-state index contributed by atoms with van der Waals surface area (Å²) in [5, 5.41) is 20.8. The fraction of sp³-hybridized carbons (Fsp3) is 0.407. The van der Waals surface area contributed by atoms with E-state index in [-0.39, 0.29) is 17.9 Å². The highest BCUT2D eigenvalue weighted by Gasteiger charge is 2.46. The van der Waals surface area contributed by atoms with Crippen LogP contribution in [0.3, 0.4) is 0 Å². The van der Waals surface area contributed by atoms with E-state index in [9.17, 15) is 9.90 Å². The minimum absolute atomic E-state index is 0.105. The standard InChI is InChI=1S/C27H28ClN3O2/c1-17-27(26(33)16-30-21-10-12-23(30)25(32)15-21)22-11-5-18(4-2-3-13-29)14-24(22)31(17)20-8-6-19(28)7-9-20/h5-9,11,14,21,23,25,32H,2-4,10,12,15-16H2,1H3/t21?,23?,25-/m0/s1. The number of aromatic nitrogens is 1. The molecule has 33 heavy (non-hydrogen) atoms. The van der Waals surface area contributed by atoms with Gasteiger partial charge in [-0.2, -0.15) is 5.26 Å². The monoisotopic (exact) mass is 461 g/mol. The van der Waals surface area contributed by atoms with E-state index in [0.29, 0.717) is 24.0 Å². The van der Waals surface area contributed by atoms with Crippen molar-refractivity contribution in [2.75, 3.05) is 6.54 Å². The van der Waals surface area contributed by atoms with E-state index in [1.54, 1.807) is 0 Å². The molecule has 0 aliphatic carbocycles. The van der Waals surface area contributed by atoms with Gasteiger partial charge in [-0.05, 0) is 74.9 Å². The Morgan fingerprint density at radius 1 is 1.21 bits per heavy atom. The molecule has 5 rings (SSSR count). The summed E-state index contributed by atoms with van der Waals surface area (Å²) in [6, 6.07) is 16.6. The fourth-order valence-electron chi connectivity index (χ4n) is 5.82. The van der Waals surface area contributed by atoms with Crippen LogP contribution in [-0.4, -0.2) is 45.1 Å². The molecule has 2 fully saturated rings. The Morgan fingerprint density at radius 3 is 2.67 bits per heavy atom. The van der Waals surface area contributed by atoms with Crippen LogP contribution in [0.2, 0.25) is 5.02 Å². The van der Waals surface area contributed by atoms with Crippen molar-refractivity contribution in [2.45, 2.75) is 63.6 Å². The molecule has 0 amide bonds. The Kier molecular flexibility index (Phi) is 6.01. The lowest BCUT2D eigenvalue weighted by Gasteiger charge is -2.21. The SMILES string of the molecule is Cc1c(C(=O)CN2C3CCC2[C@@H](O)C3)c2ccc(CCCC#N)cc2n1-c1ccc(Cl)cc1. The highest BCUT2D eigenvalue weighted by atomic mass is 35.5. The highest BCUT2D eigenvalue weighted by molar-refractivity contribution is 6.30. The van der Waals surface area contributed by atoms with Gasteiger partial charge in [-0.1, -0.05) is 23.7 Å². The predicted octanol–water partition coefficient (Wildman–Crippen LogP) is 5.22. The number of nitriles is 1. The van der Waals surface area contributed by atoms with Gasteiger partial charge in [0.1, 0.15) is 0 Å². The number of carbonyl (C=O) groups is 1. The zero-order valence-corrected chi connectivity index (χ0v) is 19.6. The van der Waals surface area contributed by atoms with Gasteiger partial charge in [0.15, 0.2) is 5.78 Å². The molecule has 2 aliphatic rings. The van der Waals surface area contributed by atoms with Gasteiger partial charge in [0, 0.05) is 45.9 Å². The van der Waals surface area contributed by atoms with Crippen molar-refractivity contribution in [2.24, 2.45) is 0 Å². The third kappa shape index (κ3) is 3.97. The molecule has 170 valence electrons. The van der Waals surface area contributed by atoms with E-state index >= 15 is 0 Å². The van der Waals surface area contributed by atoms with E-state index < -0.39 is 0 Å². The summed E-state index contributed by atoms with van der Waals surface area (Å²) in [5.41, 5.74) is 4.79. The van der Waals surface area contributed by atoms with Gasteiger partial charge in [0.2, 0.25) is 0 Å². The minimum Gasteiger partial charge on any atom is -0.391 e. The van der Waals surface area contributed by atoms with E-state index in [1.165, 1.54) is 0 Å². The van der Waals surface area contributed by atoms with Crippen LogP contribution < -0.4 is 0 Å². The summed E-state index contributed by atoms with van der Waals surface area (Å²) in [6.07, 6.45) is 4.66. The molecular weight excluding hydrogens is 434 g/mol. The molecule has 0 radical (unpaired) electrons. The number of aryl methyl sites for hydroxylation is 1. The van der Waals surface area contributed by atoms with Gasteiger partial charge in [0.05, 0.1) is 24.2 Å². The number of benzene rings is 2. The number of fused-ring (bicyclic) bond motifs is 3. The maximum Gasteiger partial charge on any atom is 0.179 e. The van der Waals surface area contributed by atoms with Crippen molar-refractivity contribution in [3.8, 4) is 11.8 Å². The molecule has 1 N–H and O–H groups in total. The fourth-order valence-corrected chi connectivity index (χ4v) is 5.95. The average Bonchev–Trinajstić information content (AvgIpc) is 3.41. The van der Waals surface area contributed by atoms with Crippen LogP contribution in [0.15, 0.2) is 42.5 Å². The first-order chi connectivity index (χ1) is 16.0. The maximum absolute atomic E-state index is 13.7. The number of hydrogen-bond donors (Lipinski definition) is 1. The Bertz CT molecular complexity index is 1240. The molecule has 3 heterocycles. The molecule has 5 nitrogen and oxygen atoms in total. The number of aliphatic hydroxyl groups is 1. The predicted molar refractivity (Wildman–Crippen MR) is 130 cm³/mol. The maximum atomic E-state index is 13.7. The number of nitrogens with zero attached hydrogens (tertiary/aromatic N) is 3. The van der Waals surface area contributed by atoms with Crippen LogP contribution in [-0.2, 0) is 6.42 Å². The smallest absolute Gasteiger partial charge is 0.179 e. The summed E-state index contributed by atoms with van der Waals surface area (Å²) in [5.74, 6) is 0.105. The molecule has 3 aromatic rings. The topological polar surface area (TPSA) is 69.3 Å². The lowest BCUT2D eigenvalue weighted by molar-refractivity contribution is 0.0874. The zero-order valence-electron chi connectivity index (χ0n) is 18.8. The zero-order chi connectivity index (χ0) is 23.1. The Hall–Kier alpha value is -2.65. The van der Waals surface area contributed by atoms with Crippen molar-refractivity contribution in [3.63, 3.8) is 0 Å². The number of hydrogen-bond acceptors (Lipinski definition) is 4. The molecule has 1 aromatic heterocycles. The van der Waals surface area contributed by atoms with E-state index in [4.69, 9.17) is 16.9 Å². The molecule has 2 bridgehead atoms. The second-order valence-corrected chi connectivity index (χ2v) is 9.77. The normalized spacial score (nSPS) is 22.2. The minimum atomic E-state index is -0.316. The number of aliphatic hydroxyl groups excluding tert-OH is 1. The molecule has 3 atom stereocenters. The van der Waals surface area contributed by atoms with Crippen molar-refractivity contribution in [3.05, 3.63) is 64.3 Å². The van der Waals surface area contributed by atoms with Crippen LogP contribution in [0.25, 0.3) is 16.6 Å². The number of ketones is 1. The van der Waals surface area contributed by atoms with Crippen molar-refractivity contribution >= 4 is 28.3 Å². The summed E-state index contributed by atoms with van der Waals surface area (Å²) >= 11 is 6.13. The lowest BCUT2D eigenvalue weighted by Crippen LogP contribution is -2.36. The van der Waals surface area contributed by atoms with E-state index in [0.717, 1.165) is 65.5 Å². The first-order valence-electron chi connectivity index (χ1n) is 11.7. The second kappa shape index (κ2) is 8.95. The first-order valence-corrected chi connectivity index (χ1v) is 12.1. The van der Waals surface area contributed by atoms with Crippen LogP contribution in [0.5, 0.6) is 0 Å². The van der Waals surface area contributed by atoms with Crippen molar-refractivity contribution < 1.29 is 9.90 Å². The molecule has 2 aliphatic heterocycles. The lowest BCUT2D eigenvalue weighted by atomic mass is 9.98.